The minimum Gasteiger partial charge on any atom is -0.496 e. The van der Waals surface area contributed by atoms with Crippen molar-refractivity contribution in [3.63, 3.8) is 0 Å². The molecule has 1 amide bonds. The number of nitrogens with zero attached hydrogens (tertiary/aromatic N) is 2. The third-order valence-corrected chi connectivity index (χ3v) is 10.8. The number of aromatic nitrogens is 1. The smallest absolute Gasteiger partial charge is 0.258 e. The first-order valence-electron chi connectivity index (χ1n) is 15.0. The second-order valence-corrected chi connectivity index (χ2v) is 13.5. The van der Waals surface area contributed by atoms with E-state index in [4.69, 9.17) is 4.74 Å². The van der Waals surface area contributed by atoms with Crippen molar-refractivity contribution in [1.82, 2.24) is 4.98 Å². The van der Waals surface area contributed by atoms with E-state index in [-0.39, 0.29) is 16.7 Å². The van der Waals surface area contributed by atoms with Crippen molar-refractivity contribution in [3.8, 4) is 17.6 Å². The highest BCUT2D eigenvalue weighted by Crippen LogP contribution is 2.58. The Kier molecular flexibility index (Phi) is 7.70. The molecule has 7 rings (SSSR count). The van der Waals surface area contributed by atoms with Crippen LogP contribution in [0.25, 0.3) is 0 Å². The van der Waals surface area contributed by atoms with Crippen LogP contribution >= 0.6 is 11.3 Å². The van der Waals surface area contributed by atoms with Crippen LogP contribution in [0.5, 0.6) is 5.75 Å². The topological polar surface area (TPSA) is 62.7 Å². The highest BCUT2D eigenvalue weighted by Gasteiger charge is 2.51. The Morgan fingerprint density at radius 1 is 1.00 bits per heavy atom. The van der Waals surface area contributed by atoms with Gasteiger partial charge in [0, 0.05) is 29.4 Å². The van der Waals surface area contributed by atoms with Crippen molar-refractivity contribution < 1.29 is 14.6 Å². The van der Waals surface area contributed by atoms with Crippen LogP contribution in [0, 0.1) is 24.2 Å². The predicted octanol–water partition coefficient (Wildman–Crippen LogP) is 7.18. The molecule has 2 bridgehead atoms. The molecule has 4 aliphatic carbocycles. The van der Waals surface area contributed by atoms with Gasteiger partial charge in [-0.25, -0.2) is 4.98 Å². The highest BCUT2D eigenvalue weighted by atomic mass is 32.1. The van der Waals surface area contributed by atoms with E-state index in [0.717, 1.165) is 79.8 Å². The molecular formula is C35H40N2O3S. The number of thiazole rings is 1. The Balaban J connectivity index is 1.27. The highest BCUT2D eigenvalue weighted by molar-refractivity contribution is 7.10. The van der Waals surface area contributed by atoms with Gasteiger partial charge in [0.1, 0.15) is 11.4 Å². The molecule has 1 aromatic heterocycles. The van der Waals surface area contributed by atoms with E-state index in [1.807, 2.05) is 34.5 Å². The van der Waals surface area contributed by atoms with E-state index in [9.17, 15) is 9.90 Å². The maximum atomic E-state index is 14.2. The van der Waals surface area contributed by atoms with Crippen LogP contribution in [0.4, 0.5) is 5.69 Å². The normalized spacial score (nSPS) is 24.8. The van der Waals surface area contributed by atoms with Crippen LogP contribution in [0.15, 0.2) is 54.0 Å². The zero-order valence-corrected chi connectivity index (χ0v) is 25.1. The average molecular weight is 569 g/mol. The van der Waals surface area contributed by atoms with Gasteiger partial charge in [-0.15, -0.1) is 11.3 Å². The van der Waals surface area contributed by atoms with Crippen molar-refractivity contribution in [1.29, 1.82) is 0 Å². The largest absolute Gasteiger partial charge is 0.496 e. The Morgan fingerprint density at radius 3 is 2.41 bits per heavy atom. The lowest BCUT2D eigenvalue weighted by Crippen LogP contribution is -2.56. The third kappa shape index (κ3) is 5.55. The molecule has 41 heavy (non-hydrogen) atoms. The van der Waals surface area contributed by atoms with Gasteiger partial charge in [-0.2, -0.15) is 0 Å². The molecule has 0 aliphatic heterocycles. The number of hydrogen-bond donors (Lipinski definition) is 1. The Morgan fingerprint density at radius 2 is 1.76 bits per heavy atom. The maximum Gasteiger partial charge on any atom is 0.258 e. The molecule has 0 radical (unpaired) electrons. The molecule has 6 heteroatoms. The van der Waals surface area contributed by atoms with Crippen LogP contribution in [0.2, 0.25) is 0 Å². The van der Waals surface area contributed by atoms with Crippen LogP contribution < -0.4 is 9.64 Å². The van der Waals surface area contributed by atoms with Crippen LogP contribution in [-0.4, -0.2) is 35.3 Å². The quantitative estimate of drug-likeness (QED) is 0.320. The molecule has 3 aromatic rings. The molecule has 5 nitrogen and oxygen atoms in total. The molecular weight excluding hydrogens is 528 g/mol. The number of aliphatic hydroxyl groups is 1. The number of aryl methyl sites for hydroxylation is 1. The number of anilines is 1. The lowest BCUT2D eigenvalue weighted by atomic mass is 9.51. The number of ether oxygens (including phenoxy) is 1. The standard InChI is InChI=1S/C35H40N2O3S/c1-26-23-28(10-11-30(26)40-2)34-18-15-33(16-19-34,17-20-34)25-37(32(38)35(39)13-4-3-5-14-35)29-8-6-7-27(24-29)9-12-31-36-21-22-41-31/h6-8,10-11,21-24,39H,3-5,13-20,25H2,1-2H3. The summed E-state index contributed by atoms with van der Waals surface area (Å²) in [6, 6.07) is 14.7. The fourth-order valence-corrected chi connectivity index (χ4v) is 8.00. The number of amides is 1. The van der Waals surface area contributed by atoms with E-state index in [0.29, 0.717) is 19.4 Å². The Bertz CT molecular complexity index is 1440. The second kappa shape index (κ2) is 11.3. The second-order valence-electron chi connectivity index (χ2n) is 12.6. The summed E-state index contributed by atoms with van der Waals surface area (Å²) in [7, 11) is 1.73. The van der Waals surface area contributed by atoms with Gasteiger partial charge in [-0.3, -0.25) is 4.79 Å². The lowest BCUT2D eigenvalue weighted by molar-refractivity contribution is -0.140. The molecule has 0 saturated heterocycles. The lowest BCUT2D eigenvalue weighted by Gasteiger charge is -2.55. The number of hydrogen-bond acceptors (Lipinski definition) is 5. The minimum absolute atomic E-state index is 0.0620. The van der Waals surface area contributed by atoms with Crippen LogP contribution in [0.3, 0.4) is 0 Å². The van der Waals surface area contributed by atoms with Gasteiger partial charge < -0.3 is 14.7 Å². The summed E-state index contributed by atoms with van der Waals surface area (Å²) >= 11 is 1.52. The first-order chi connectivity index (χ1) is 19.8. The number of methoxy groups -OCH3 is 1. The van der Waals surface area contributed by atoms with Crippen LogP contribution in [-0.2, 0) is 10.2 Å². The van der Waals surface area contributed by atoms with E-state index in [1.165, 1.54) is 22.5 Å². The first-order valence-corrected chi connectivity index (χ1v) is 15.9. The summed E-state index contributed by atoms with van der Waals surface area (Å²) in [6.45, 7) is 2.78. The van der Waals surface area contributed by atoms with Crippen molar-refractivity contribution in [2.45, 2.75) is 88.6 Å². The van der Waals surface area contributed by atoms with Gasteiger partial charge in [0.05, 0.1) is 7.11 Å². The fraction of sp³-hybridized carbons (Fsp3) is 0.486. The van der Waals surface area contributed by atoms with E-state index < -0.39 is 5.60 Å². The monoisotopic (exact) mass is 568 g/mol. The Labute approximate surface area is 248 Å². The fourth-order valence-electron chi connectivity index (χ4n) is 7.52. The molecule has 4 saturated carbocycles. The van der Waals surface area contributed by atoms with Gasteiger partial charge in [-0.05, 0) is 110 Å². The zero-order chi connectivity index (χ0) is 28.5. The van der Waals surface area contributed by atoms with E-state index in [1.54, 1.807) is 13.3 Å². The van der Waals surface area contributed by atoms with E-state index in [2.05, 4.69) is 41.9 Å². The maximum absolute atomic E-state index is 14.2. The molecule has 0 unspecified atom stereocenters. The van der Waals surface area contributed by atoms with Crippen LogP contribution in [0.1, 0.15) is 92.3 Å². The minimum atomic E-state index is -1.29. The molecule has 4 aliphatic rings. The van der Waals surface area contributed by atoms with Crippen molar-refractivity contribution in [2.75, 3.05) is 18.6 Å². The molecule has 2 aromatic carbocycles. The number of rotatable bonds is 6. The van der Waals surface area contributed by atoms with Gasteiger partial charge in [0.2, 0.25) is 0 Å². The third-order valence-electron chi connectivity index (χ3n) is 10.1. The summed E-state index contributed by atoms with van der Waals surface area (Å²) in [4.78, 5) is 20.4. The summed E-state index contributed by atoms with van der Waals surface area (Å²) in [5.41, 5.74) is 3.29. The number of benzene rings is 2. The first kappa shape index (κ1) is 28.0. The summed E-state index contributed by atoms with van der Waals surface area (Å²) in [5.74, 6) is 7.18. The Hall–Kier alpha value is -3.14. The molecule has 0 atom stereocenters. The van der Waals surface area contributed by atoms with Gasteiger partial charge in [0.25, 0.3) is 5.91 Å². The molecule has 1 heterocycles. The molecule has 214 valence electrons. The van der Waals surface area contributed by atoms with Crippen molar-refractivity contribution in [3.05, 3.63) is 75.7 Å². The molecule has 1 N–H and O–H groups in total. The summed E-state index contributed by atoms with van der Waals surface area (Å²) in [6.07, 6.45) is 12.4. The number of carbonyl (C=O) groups excluding carboxylic acids is 1. The van der Waals surface area contributed by atoms with Gasteiger partial charge in [-0.1, -0.05) is 43.4 Å². The SMILES string of the molecule is COc1ccc(C23CCC(CN(C(=O)C4(O)CCCCC4)c4cccc(C#Cc5nccs5)c4)(CC2)CC3)cc1C. The van der Waals surface area contributed by atoms with Crippen molar-refractivity contribution in [2.24, 2.45) is 5.41 Å². The van der Waals surface area contributed by atoms with Gasteiger partial charge in [0.15, 0.2) is 5.01 Å². The van der Waals surface area contributed by atoms with Gasteiger partial charge >= 0.3 is 0 Å². The summed E-state index contributed by atoms with van der Waals surface area (Å²) in [5, 5.41) is 14.3. The molecule has 4 fully saturated rings. The predicted molar refractivity (Wildman–Crippen MR) is 164 cm³/mol. The molecule has 0 spiro atoms. The number of fused-ring (bicyclic) bond motifs is 3. The number of carbonyl (C=O) groups is 1. The van der Waals surface area contributed by atoms with Crippen molar-refractivity contribution >= 4 is 22.9 Å². The zero-order valence-electron chi connectivity index (χ0n) is 24.2. The average Bonchev–Trinajstić information content (AvgIpc) is 3.54. The van der Waals surface area contributed by atoms with E-state index >= 15 is 0 Å². The summed E-state index contributed by atoms with van der Waals surface area (Å²) < 4.78 is 5.52.